The summed E-state index contributed by atoms with van der Waals surface area (Å²) < 4.78 is 2.05. The highest BCUT2D eigenvalue weighted by molar-refractivity contribution is 6.31. The molecule has 0 aliphatic heterocycles. The molecule has 0 atom stereocenters. The van der Waals surface area contributed by atoms with Gasteiger partial charge in [-0.05, 0) is 37.7 Å². The predicted octanol–water partition coefficient (Wildman–Crippen LogP) is 2.86. The molecule has 0 aliphatic carbocycles. The average molecular weight is 281 g/mol. The summed E-state index contributed by atoms with van der Waals surface area (Å²) in [5, 5.41) is 0.707. The van der Waals surface area contributed by atoms with Gasteiger partial charge in [0.1, 0.15) is 0 Å². The molecule has 0 aliphatic rings. The van der Waals surface area contributed by atoms with Gasteiger partial charge in [-0.25, -0.2) is 4.98 Å². The Labute approximate surface area is 119 Å². The number of anilines is 1. The standard InChI is InChI=1S/C14H21ClN4/c1-14(2,8-18(3)4)9-19-12-7-10(15)5-6-11(12)17-13(19)16/h5-7H,8-9H2,1-4H3,(H2,16,17). The van der Waals surface area contributed by atoms with Crippen molar-refractivity contribution in [2.24, 2.45) is 5.41 Å². The van der Waals surface area contributed by atoms with Gasteiger partial charge < -0.3 is 15.2 Å². The van der Waals surface area contributed by atoms with E-state index in [9.17, 15) is 0 Å². The second-order valence-corrected chi connectivity index (χ2v) is 6.53. The van der Waals surface area contributed by atoms with Crippen molar-refractivity contribution in [1.29, 1.82) is 0 Å². The smallest absolute Gasteiger partial charge is 0.201 e. The van der Waals surface area contributed by atoms with Crippen LogP contribution < -0.4 is 5.73 Å². The van der Waals surface area contributed by atoms with Gasteiger partial charge in [0.2, 0.25) is 5.95 Å². The van der Waals surface area contributed by atoms with Crippen molar-refractivity contribution >= 4 is 28.6 Å². The highest BCUT2D eigenvalue weighted by atomic mass is 35.5. The average Bonchev–Trinajstić information content (AvgIpc) is 2.53. The van der Waals surface area contributed by atoms with Gasteiger partial charge in [-0.15, -0.1) is 0 Å². The first-order valence-electron chi connectivity index (χ1n) is 6.34. The maximum atomic E-state index is 6.07. The van der Waals surface area contributed by atoms with Crippen LogP contribution in [0.5, 0.6) is 0 Å². The zero-order valence-electron chi connectivity index (χ0n) is 11.9. The number of rotatable bonds is 4. The maximum Gasteiger partial charge on any atom is 0.201 e. The van der Waals surface area contributed by atoms with Crippen LogP contribution in [-0.4, -0.2) is 35.1 Å². The van der Waals surface area contributed by atoms with Crippen LogP contribution in [0.1, 0.15) is 13.8 Å². The number of hydrogen-bond donors (Lipinski definition) is 1. The van der Waals surface area contributed by atoms with Crippen LogP contribution >= 0.6 is 11.6 Å². The van der Waals surface area contributed by atoms with Crippen LogP contribution in [0, 0.1) is 5.41 Å². The first-order valence-corrected chi connectivity index (χ1v) is 6.72. The molecule has 0 radical (unpaired) electrons. The van der Waals surface area contributed by atoms with Crippen LogP contribution in [0.3, 0.4) is 0 Å². The van der Waals surface area contributed by atoms with Crippen molar-refractivity contribution in [3.05, 3.63) is 23.2 Å². The van der Waals surface area contributed by atoms with E-state index in [1.807, 2.05) is 22.8 Å². The molecule has 2 rings (SSSR count). The summed E-state index contributed by atoms with van der Waals surface area (Å²) in [7, 11) is 4.15. The Hall–Kier alpha value is -1.26. The van der Waals surface area contributed by atoms with Crippen molar-refractivity contribution in [2.45, 2.75) is 20.4 Å². The maximum absolute atomic E-state index is 6.07. The van der Waals surface area contributed by atoms with E-state index >= 15 is 0 Å². The Bertz CT molecular complexity index is 586. The van der Waals surface area contributed by atoms with E-state index in [2.05, 4.69) is 37.8 Å². The molecule has 2 aromatic rings. The number of benzene rings is 1. The zero-order chi connectivity index (χ0) is 14.2. The van der Waals surface area contributed by atoms with Gasteiger partial charge in [0.05, 0.1) is 11.0 Å². The number of hydrogen-bond acceptors (Lipinski definition) is 3. The van der Waals surface area contributed by atoms with Gasteiger partial charge in [0, 0.05) is 18.1 Å². The molecular weight excluding hydrogens is 260 g/mol. The molecule has 19 heavy (non-hydrogen) atoms. The predicted molar refractivity (Wildman–Crippen MR) is 81.5 cm³/mol. The zero-order valence-corrected chi connectivity index (χ0v) is 12.7. The van der Waals surface area contributed by atoms with Crippen LogP contribution in [0.15, 0.2) is 18.2 Å². The number of aromatic nitrogens is 2. The number of nitrogens with zero attached hydrogens (tertiary/aromatic N) is 3. The third kappa shape index (κ3) is 3.19. The third-order valence-electron chi connectivity index (χ3n) is 3.07. The lowest BCUT2D eigenvalue weighted by Gasteiger charge is -2.29. The van der Waals surface area contributed by atoms with Gasteiger partial charge in [-0.1, -0.05) is 25.4 Å². The van der Waals surface area contributed by atoms with Crippen LogP contribution in [0.25, 0.3) is 11.0 Å². The lowest BCUT2D eigenvalue weighted by atomic mass is 9.93. The Kier molecular flexibility index (Phi) is 3.74. The van der Waals surface area contributed by atoms with E-state index in [0.29, 0.717) is 11.0 Å². The number of nitrogens with two attached hydrogens (primary N) is 1. The number of imidazole rings is 1. The van der Waals surface area contributed by atoms with Gasteiger partial charge >= 0.3 is 0 Å². The van der Waals surface area contributed by atoms with Gasteiger partial charge in [0.25, 0.3) is 0 Å². The second kappa shape index (κ2) is 5.02. The molecule has 5 heteroatoms. The lowest BCUT2D eigenvalue weighted by molar-refractivity contribution is 0.214. The third-order valence-corrected chi connectivity index (χ3v) is 3.31. The molecule has 0 saturated carbocycles. The molecule has 0 amide bonds. The van der Waals surface area contributed by atoms with Crippen LogP contribution in [0.2, 0.25) is 5.02 Å². The Morgan fingerprint density at radius 3 is 2.68 bits per heavy atom. The first-order chi connectivity index (χ1) is 8.78. The van der Waals surface area contributed by atoms with Crippen LogP contribution in [-0.2, 0) is 6.54 Å². The summed E-state index contributed by atoms with van der Waals surface area (Å²) >= 11 is 6.07. The molecule has 0 fully saturated rings. The van der Waals surface area contributed by atoms with E-state index < -0.39 is 0 Å². The van der Waals surface area contributed by atoms with Crippen molar-refractivity contribution in [1.82, 2.24) is 14.5 Å². The molecule has 4 nitrogen and oxygen atoms in total. The highest BCUT2D eigenvalue weighted by Crippen LogP contribution is 2.27. The fourth-order valence-electron chi connectivity index (χ4n) is 2.61. The summed E-state index contributed by atoms with van der Waals surface area (Å²) in [5.41, 5.74) is 8.03. The summed E-state index contributed by atoms with van der Waals surface area (Å²) in [6.45, 7) is 6.24. The monoisotopic (exact) mass is 280 g/mol. The van der Waals surface area contributed by atoms with E-state index in [0.717, 1.165) is 24.1 Å². The van der Waals surface area contributed by atoms with E-state index in [4.69, 9.17) is 17.3 Å². The normalized spacial score (nSPS) is 12.5. The molecule has 0 bridgehead atoms. The molecular formula is C14H21ClN4. The van der Waals surface area contributed by atoms with Crippen molar-refractivity contribution < 1.29 is 0 Å². The topological polar surface area (TPSA) is 47.1 Å². The van der Waals surface area contributed by atoms with E-state index in [1.54, 1.807) is 0 Å². The van der Waals surface area contributed by atoms with Crippen molar-refractivity contribution in [2.75, 3.05) is 26.4 Å². The van der Waals surface area contributed by atoms with Gasteiger partial charge in [-0.2, -0.15) is 0 Å². The molecule has 0 spiro atoms. The minimum Gasteiger partial charge on any atom is -0.369 e. The minimum absolute atomic E-state index is 0.105. The summed E-state index contributed by atoms with van der Waals surface area (Å²) in [4.78, 5) is 6.57. The first kappa shape index (κ1) is 14.2. The largest absolute Gasteiger partial charge is 0.369 e. The summed E-state index contributed by atoms with van der Waals surface area (Å²) in [6, 6.07) is 5.67. The molecule has 1 aromatic heterocycles. The fraction of sp³-hybridized carbons (Fsp3) is 0.500. The molecule has 0 unspecified atom stereocenters. The highest BCUT2D eigenvalue weighted by Gasteiger charge is 2.22. The molecule has 1 aromatic carbocycles. The molecule has 2 N–H and O–H groups in total. The van der Waals surface area contributed by atoms with Gasteiger partial charge in [0.15, 0.2) is 0 Å². The lowest BCUT2D eigenvalue weighted by Crippen LogP contribution is -2.32. The van der Waals surface area contributed by atoms with E-state index in [1.165, 1.54) is 0 Å². The minimum atomic E-state index is 0.105. The van der Waals surface area contributed by atoms with Crippen LogP contribution in [0.4, 0.5) is 5.95 Å². The SMILES string of the molecule is CN(C)CC(C)(C)Cn1c(N)nc2ccc(Cl)cc21. The van der Waals surface area contributed by atoms with E-state index in [-0.39, 0.29) is 5.41 Å². The molecule has 104 valence electrons. The quantitative estimate of drug-likeness (QED) is 0.937. The van der Waals surface area contributed by atoms with Crippen molar-refractivity contribution in [3.8, 4) is 0 Å². The Morgan fingerprint density at radius 2 is 2.05 bits per heavy atom. The Morgan fingerprint density at radius 1 is 1.37 bits per heavy atom. The number of fused-ring (bicyclic) bond motifs is 1. The van der Waals surface area contributed by atoms with Gasteiger partial charge in [-0.3, -0.25) is 0 Å². The summed E-state index contributed by atoms with van der Waals surface area (Å²) in [5.74, 6) is 0.545. The fourth-order valence-corrected chi connectivity index (χ4v) is 2.78. The number of nitrogen functional groups attached to an aromatic ring is 1. The Balaban J connectivity index is 2.39. The molecule has 0 saturated heterocycles. The number of halogens is 1. The second-order valence-electron chi connectivity index (χ2n) is 6.09. The molecule has 1 heterocycles. The summed E-state index contributed by atoms with van der Waals surface area (Å²) in [6.07, 6.45) is 0. The van der Waals surface area contributed by atoms with Crippen molar-refractivity contribution in [3.63, 3.8) is 0 Å².